The molecule has 0 unspecified atom stereocenters. The van der Waals surface area contributed by atoms with E-state index in [1.807, 2.05) is 6.07 Å². The molecule has 0 atom stereocenters. The number of hydrogen-bond donors (Lipinski definition) is 2. The molecule has 1 aliphatic rings. The standard InChI is InChI=1S/C19H31N3O2/c1-3-22(17-8-5-4-6-9-17)15-7-12-21-18(23)19(16-24-2)10-13-20-14-11-19/h4-6,8-9,20H,3,7,10-16H2,1-2H3,(H,21,23). The summed E-state index contributed by atoms with van der Waals surface area (Å²) < 4.78 is 5.33. The van der Waals surface area contributed by atoms with Crippen LogP contribution < -0.4 is 15.5 Å². The fourth-order valence-corrected chi connectivity index (χ4v) is 3.39. The summed E-state index contributed by atoms with van der Waals surface area (Å²) in [5.74, 6) is 0.147. The first kappa shape index (κ1) is 18.7. The molecule has 1 amide bonds. The number of amides is 1. The number of methoxy groups -OCH3 is 1. The maximum atomic E-state index is 12.7. The Morgan fingerprint density at radius 3 is 2.62 bits per heavy atom. The Balaban J connectivity index is 1.79. The highest BCUT2D eigenvalue weighted by Gasteiger charge is 2.39. The minimum Gasteiger partial charge on any atom is -0.384 e. The van der Waals surface area contributed by atoms with Crippen LogP contribution in [0.1, 0.15) is 26.2 Å². The number of rotatable bonds is 9. The second-order valence-corrected chi connectivity index (χ2v) is 6.49. The van der Waals surface area contributed by atoms with E-state index in [-0.39, 0.29) is 11.3 Å². The minimum atomic E-state index is -0.357. The Hall–Kier alpha value is -1.59. The molecule has 1 aromatic carbocycles. The van der Waals surface area contributed by atoms with E-state index in [1.54, 1.807) is 7.11 Å². The molecule has 0 radical (unpaired) electrons. The second kappa shape index (κ2) is 9.64. The van der Waals surface area contributed by atoms with E-state index < -0.39 is 0 Å². The number of hydrogen-bond acceptors (Lipinski definition) is 4. The summed E-state index contributed by atoms with van der Waals surface area (Å²) in [5, 5.41) is 6.45. The highest BCUT2D eigenvalue weighted by molar-refractivity contribution is 5.83. The molecule has 1 fully saturated rings. The van der Waals surface area contributed by atoms with Gasteiger partial charge in [0.25, 0.3) is 0 Å². The van der Waals surface area contributed by atoms with Crippen LogP contribution in [0.25, 0.3) is 0 Å². The number of anilines is 1. The molecule has 2 N–H and O–H groups in total. The predicted molar refractivity (Wildman–Crippen MR) is 98.4 cm³/mol. The van der Waals surface area contributed by atoms with E-state index in [9.17, 15) is 4.79 Å². The topological polar surface area (TPSA) is 53.6 Å². The number of carbonyl (C=O) groups is 1. The first-order chi connectivity index (χ1) is 11.7. The van der Waals surface area contributed by atoms with Crippen LogP contribution in [0.2, 0.25) is 0 Å². The number of carbonyl (C=O) groups excluding carboxylic acids is 1. The molecule has 0 spiro atoms. The molecule has 0 saturated carbocycles. The van der Waals surface area contributed by atoms with Gasteiger partial charge < -0.3 is 20.3 Å². The molecule has 0 bridgehead atoms. The highest BCUT2D eigenvalue weighted by atomic mass is 16.5. The van der Waals surface area contributed by atoms with Crippen molar-refractivity contribution < 1.29 is 9.53 Å². The van der Waals surface area contributed by atoms with Gasteiger partial charge in [-0.2, -0.15) is 0 Å². The lowest BCUT2D eigenvalue weighted by molar-refractivity contribution is -0.136. The van der Waals surface area contributed by atoms with E-state index in [0.29, 0.717) is 13.2 Å². The van der Waals surface area contributed by atoms with E-state index in [4.69, 9.17) is 4.74 Å². The molecule has 1 aromatic rings. The van der Waals surface area contributed by atoms with Crippen molar-refractivity contribution in [1.82, 2.24) is 10.6 Å². The van der Waals surface area contributed by atoms with Crippen LogP contribution in [-0.2, 0) is 9.53 Å². The summed E-state index contributed by atoms with van der Waals surface area (Å²) in [4.78, 5) is 15.0. The van der Waals surface area contributed by atoms with Crippen LogP contribution >= 0.6 is 0 Å². The zero-order chi connectivity index (χ0) is 17.3. The van der Waals surface area contributed by atoms with Crippen LogP contribution in [0, 0.1) is 5.41 Å². The van der Waals surface area contributed by atoms with Gasteiger partial charge >= 0.3 is 0 Å². The maximum absolute atomic E-state index is 12.7. The summed E-state index contributed by atoms with van der Waals surface area (Å²) >= 11 is 0. The lowest BCUT2D eigenvalue weighted by Gasteiger charge is -2.35. The fourth-order valence-electron chi connectivity index (χ4n) is 3.39. The second-order valence-electron chi connectivity index (χ2n) is 6.49. The van der Waals surface area contributed by atoms with Gasteiger partial charge in [0.05, 0.1) is 12.0 Å². The van der Waals surface area contributed by atoms with Crippen LogP contribution in [-0.4, -0.2) is 52.3 Å². The molecule has 134 valence electrons. The highest BCUT2D eigenvalue weighted by Crippen LogP contribution is 2.29. The van der Waals surface area contributed by atoms with Gasteiger partial charge in [0, 0.05) is 32.4 Å². The number of para-hydroxylation sites is 1. The molecular formula is C19H31N3O2. The summed E-state index contributed by atoms with van der Waals surface area (Å²) in [6.07, 6.45) is 2.63. The van der Waals surface area contributed by atoms with Crippen LogP contribution in [0.3, 0.4) is 0 Å². The molecule has 0 aliphatic carbocycles. The normalized spacial score (nSPS) is 16.6. The van der Waals surface area contributed by atoms with E-state index in [1.165, 1.54) is 5.69 Å². The van der Waals surface area contributed by atoms with Crippen molar-refractivity contribution in [2.24, 2.45) is 5.41 Å². The third-order valence-corrected chi connectivity index (χ3v) is 4.86. The van der Waals surface area contributed by atoms with Gasteiger partial charge in [-0.1, -0.05) is 18.2 Å². The maximum Gasteiger partial charge on any atom is 0.228 e. The van der Waals surface area contributed by atoms with Crippen molar-refractivity contribution in [1.29, 1.82) is 0 Å². The lowest BCUT2D eigenvalue weighted by Crippen LogP contribution is -2.50. The molecule has 0 aromatic heterocycles. The van der Waals surface area contributed by atoms with Gasteiger partial charge in [0.1, 0.15) is 0 Å². The molecule has 5 nitrogen and oxygen atoms in total. The Bertz CT molecular complexity index is 481. The van der Waals surface area contributed by atoms with Crippen LogP contribution in [0.5, 0.6) is 0 Å². The summed E-state index contributed by atoms with van der Waals surface area (Å²) in [5.41, 5.74) is 0.879. The third kappa shape index (κ3) is 4.95. The zero-order valence-corrected chi connectivity index (χ0v) is 15.0. The van der Waals surface area contributed by atoms with Crippen LogP contribution in [0.15, 0.2) is 30.3 Å². The van der Waals surface area contributed by atoms with Gasteiger partial charge in [0.2, 0.25) is 5.91 Å². The first-order valence-electron chi connectivity index (χ1n) is 9.00. The van der Waals surface area contributed by atoms with Crippen molar-refractivity contribution in [3.63, 3.8) is 0 Å². The Morgan fingerprint density at radius 2 is 2.00 bits per heavy atom. The summed E-state index contributed by atoms with van der Waals surface area (Å²) in [7, 11) is 1.68. The average Bonchev–Trinajstić information content (AvgIpc) is 2.63. The van der Waals surface area contributed by atoms with Gasteiger partial charge in [-0.15, -0.1) is 0 Å². The zero-order valence-electron chi connectivity index (χ0n) is 15.0. The Labute approximate surface area is 145 Å². The molecule has 24 heavy (non-hydrogen) atoms. The summed E-state index contributed by atoms with van der Waals surface area (Å²) in [6, 6.07) is 10.4. The smallest absolute Gasteiger partial charge is 0.228 e. The third-order valence-electron chi connectivity index (χ3n) is 4.86. The molecule has 1 saturated heterocycles. The van der Waals surface area contributed by atoms with E-state index in [2.05, 4.69) is 46.7 Å². The van der Waals surface area contributed by atoms with Crippen molar-refractivity contribution >= 4 is 11.6 Å². The van der Waals surface area contributed by atoms with Crippen molar-refractivity contribution in [3.05, 3.63) is 30.3 Å². The molecule has 1 heterocycles. The van der Waals surface area contributed by atoms with Crippen molar-refractivity contribution in [2.45, 2.75) is 26.2 Å². The number of ether oxygens (including phenoxy) is 1. The molecular weight excluding hydrogens is 302 g/mol. The van der Waals surface area contributed by atoms with Crippen molar-refractivity contribution in [3.8, 4) is 0 Å². The number of nitrogens with zero attached hydrogens (tertiary/aromatic N) is 1. The fraction of sp³-hybridized carbons (Fsp3) is 0.632. The summed E-state index contributed by atoms with van der Waals surface area (Å²) in [6.45, 7) is 7.06. The van der Waals surface area contributed by atoms with Gasteiger partial charge in [-0.25, -0.2) is 0 Å². The van der Waals surface area contributed by atoms with Gasteiger partial charge in [0.15, 0.2) is 0 Å². The SMILES string of the molecule is CCN(CCCNC(=O)C1(COC)CCNCC1)c1ccccc1. The Kier molecular flexibility index (Phi) is 7.53. The molecule has 5 heteroatoms. The first-order valence-corrected chi connectivity index (χ1v) is 9.00. The van der Waals surface area contributed by atoms with E-state index in [0.717, 1.165) is 45.4 Å². The minimum absolute atomic E-state index is 0.147. The Morgan fingerprint density at radius 1 is 1.29 bits per heavy atom. The lowest BCUT2D eigenvalue weighted by atomic mass is 9.78. The largest absolute Gasteiger partial charge is 0.384 e. The average molecular weight is 333 g/mol. The number of nitrogens with one attached hydrogen (secondary N) is 2. The van der Waals surface area contributed by atoms with Gasteiger partial charge in [-0.3, -0.25) is 4.79 Å². The van der Waals surface area contributed by atoms with Gasteiger partial charge in [-0.05, 0) is 51.4 Å². The molecule has 1 aliphatic heterocycles. The van der Waals surface area contributed by atoms with Crippen LogP contribution in [0.4, 0.5) is 5.69 Å². The van der Waals surface area contributed by atoms with Crippen molar-refractivity contribution in [2.75, 3.05) is 51.3 Å². The predicted octanol–water partition coefficient (Wildman–Crippen LogP) is 2.04. The number of benzene rings is 1. The number of piperidine rings is 1. The van der Waals surface area contributed by atoms with E-state index >= 15 is 0 Å². The molecule has 2 rings (SSSR count). The monoisotopic (exact) mass is 333 g/mol. The quantitative estimate of drug-likeness (QED) is 0.679.